The molecule has 80 valence electrons. The normalized spacial score (nSPS) is 27.3. The van der Waals surface area contributed by atoms with Gasteiger partial charge in [-0.25, -0.2) is 0 Å². The minimum absolute atomic E-state index is 0.222. The quantitative estimate of drug-likeness (QED) is 0.479. The van der Waals surface area contributed by atoms with Gasteiger partial charge in [-0.2, -0.15) is 0 Å². The lowest BCUT2D eigenvalue weighted by atomic mass is 9.98. The highest BCUT2D eigenvalue weighted by Gasteiger charge is 2.21. The van der Waals surface area contributed by atoms with Gasteiger partial charge in [0.15, 0.2) is 0 Å². The fraction of sp³-hybridized carbons (Fsp3) is 0.727. The van der Waals surface area contributed by atoms with Crippen LogP contribution in [0.1, 0.15) is 40.5 Å². The number of carbonyl (C=O) groups is 1. The number of esters is 1. The lowest BCUT2D eigenvalue weighted by molar-refractivity contribution is -0.137. The van der Waals surface area contributed by atoms with E-state index in [9.17, 15) is 4.79 Å². The summed E-state index contributed by atoms with van der Waals surface area (Å²) < 4.78 is 10.7. The van der Waals surface area contributed by atoms with Crippen molar-refractivity contribution < 1.29 is 14.3 Å². The summed E-state index contributed by atoms with van der Waals surface area (Å²) in [5, 5.41) is 0. The van der Waals surface area contributed by atoms with Gasteiger partial charge in [-0.1, -0.05) is 0 Å². The van der Waals surface area contributed by atoms with Crippen LogP contribution in [0.2, 0.25) is 0 Å². The Hall–Kier alpha value is -0.830. The van der Waals surface area contributed by atoms with Crippen LogP contribution in [0.25, 0.3) is 0 Å². The van der Waals surface area contributed by atoms with Gasteiger partial charge in [-0.05, 0) is 39.2 Å². The highest BCUT2D eigenvalue weighted by Crippen LogP contribution is 2.26. The molecule has 1 fully saturated rings. The van der Waals surface area contributed by atoms with Crippen molar-refractivity contribution in [3.8, 4) is 0 Å². The van der Waals surface area contributed by atoms with Crippen molar-refractivity contribution >= 4 is 5.97 Å². The van der Waals surface area contributed by atoms with Crippen LogP contribution in [0.5, 0.6) is 0 Å². The Morgan fingerprint density at radius 1 is 1.29 bits per heavy atom. The highest BCUT2D eigenvalue weighted by molar-refractivity contribution is 5.67. The van der Waals surface area contributed by atoms with Gasteiger partial charge in [0.25, 0.3) is 0 Å². The summed E-state index contributed by atoms with van der Waals surface area (Å²) >= 11 is 0. The van der Waals surface area contributed by atoms with Crippen molar-refractivity contribution in [1.29, 1.82) is 0 Å². The van der Waals surface area contributed by atoms with Gasteiger partial charge < -0.3 is 9.47 Å². The third-order valence-electron chi connectivity index (χ3n) is 2.33. The first-order valence-electron chi connectivity index (χ1n) is 5.01. The van der Waals surface area contributed by atoms with Crippen molar-refractivity contribution in [2.75, 3.05) is 0 Å². The number of hydrogen-bond donors (Lipinski definition) is 0. The molecule has 3 nitrogen and oxygen atoms in total. The molecule has 0 aromatic heterocycles. The summed E-state index contributed by atoms with van der Waals surface area (Å²) in [6.07, 6.45) is 2.17. The van der Waals surface area contributed by atoms with Crippen molar-refractivity contribution in [2.24, 2.45) is 0 Å². The Kier molecular flexibility index (Phi) is 3.69. The fourth-order valence-corrected chi connectivity index (χ4v) is 1.85. The van der Waals surface area contributed by atoms with Crippen LogP contribution in [0.4, 0.5) is 0 Å². The molecule has 0 amide bonds. The average Bonchev–Trinajstić information content (AvgIpc) is 2.00. The standard InChI is InChI=1S/C11H18O3/c1-7-5-11(6-8(2)13-7)9(3)14-10(4)12/h7-8H,5-6H2,1-4H3. The molecule has 0 aliphatic carbocycles. The van der Waals surface area contributed by atoms with Gasteiger partial charge in [0, 0.05) is 6.92 Å². The summed E-state index contributed by atoms with van der Waals surface area (Å²) in [6.45, 7) is 7.35. The number of carbonyl (C=O) groups excluding carboxylic acids is 1. The third kappa shape index (κ3) is 3.14. The van der Waals surface area contributed by atoms with Crippen LogP contribution in [-0.2, 0) is 14.3 Å². The second kappa shape index (κ2) is 4.60. The van der Waals surface area contributed by atoms with Crippen LogP contribution < -0.4 is 0 Å². The topological polar surface area (TPSA) is 35.5 Å². The van der Waals surface area contributed by atoms with Gasteiger partial charge >= 0.3 is 5.97 Å². The summed E-state index contributed by atoms with van der Waals surface area (Å²) in [5.74, 6) is 0.501. The molecular weight excluding hydrogens is 180 g/mol. The van der Waals surface area contributed by atoms with Gasteiger partial charge in [-0.15, -0.1) is 0 Å². The zero-order chi connectivity index (χ0) is 10.7. The monoisotopic (exact) mass is 198 g/mol. The van der Waals surface area contributed by atoms with E-state index in [2.05, 4.69) is 0 Å². The summed E-state index contributed by atoms with van der Waals surface area (Å²) in [5.41, 5.74) is 1.20. The van der Waals surface area contributed by atoms with Gasteiger partial charge in [-0.3, -0.25) is 4.79 Å². The number of rotatable bonds is 1. The Bertz CT molecular complexity index is 243. The molecule has 14 heavy (non-hydrogen) atoms. The zero-order valence-electron chi connectivity index (χ0n) is 9.29. The Morgan fingerprint density at radius 2 is 1.79 bits per heavy atom. The molecule has 0 radical (unpaired) electrons. The molecule has 3 heteroatoms. The van der Waals surface area contributed by atoms with E-state index in [4.69, 9.17) is 9.47 Å². The van der Waals surface area contributed by atoms with E-state index in [1.165, 1.54) is 12.5 Å². The number of allylic oxidation sites excluding steroid dienone is 1. The van der Waals surface area contributed by atoms with E-state index in [1.54, 1.807) is 0 Å². The Labute approximate surface area is 85.1 Å². The first-order valence-corrected chi connectivity index (χ1v) is 5.01. The fourth-order valence-electron chi connectivity index (χ4n) is 1.85. The van der Waals surface area contributed by atoms with Crippen molar-refractivity contribution in [3.05, 3.63) is 11.3 Å². The molecule has 1 aliphatic rings. The first kappa shape index (κ1) is 11.2. The van der Waals surface area contributed by atoms with E-state index in [0.717, 1.165) is 18.6 Å². The second-order valence-electron chi connectivity index (χ2n) is 3.92. The maximum atomic E-state index is 10.8. The SMILES string of the molecule is CC(=O)OC(C)=C1CC(C)OC(C)C1. The van der Waals surface area contributed by atoms with Crippen molar-refractivity contribution in [3.63, 3.8) is 0 Å². The maximum Gasteiger partial charge on any atom is 0.307 e. The Balaban J connectivity index is 2.69. The average molecular weight is 198 g/mol. The number of ether oxygens (including phenoxy) is 2. The van der Waals surface area contributed by atoms with Crippen molar-refractivity contribution in [1.82, 2.24) is 0 Å². The molecule has 0 aromatic rings. The predicted octanol–water partition coefficient (Wildman–Crippen LogP) is 2.41. The molecule has 1 heterocycles. The Morgan fingerprint density at radius 3 is 2.21 bits per heavy atom. The van der Waals surface area contributed by atoms with Crippen LogP contribution in [0.15, 0.2) is 11.3 Å². The van der Waals surface area contributed by atoms with E-state index in [1.807, 2.05) is 20.8 Å². The molecule has 0 spiro atoms. The predicted molar refractivity (Wildman–Crippen MR) is 53.7 cm³/mol. The van der Waals surface area contributed by atoms with Gasteiger partial charge in [0.1, 0.15) is 5.76 Å². The van der Waals surface area contributed by atoms with E-state index in [0.29, 0.717) is 0 Å². The molecule has 0 bridgehead atoms. The van der Waals surface area contributed by atoms with E-state index >= 15 is 0 Å². The molecule has 2 unspecified atom stereocenters. The van der Waals surface area contributed by atoms with Gasteiger partial charge in [0.2, 0.25) is 0 Å². The lowest BCUT2D eigenvalue weighted by Gasteiger charge is -2.28. The molecule has 2 atom stereocenters. The zero-order valence-corrected chi connectivity index (χ0v) is 9.29. The van der Waals surface area contributed by atoms with Crippen LogP contribution >= 0.6 is 0 Å². The molecule has 0 aromatic carbocycles. The second-order valence-corrected chi connectivity index (χ2v) is 3.92. The molecule has 0 N–H and O–H groups in total. The van der Waals surface area contributed by atoms with Crippen LogP contribution in [0.3, 0.4) is 0 Å². The summed E-state index contributed by atoms with van der Waals surface area (Å²) in [4.78, 5) is 10.8. The summed E-state index contributed by atoms with van der Waals surface area (Å²) in [6, 6.07) is 0. The smallest absolute Gasteiger partial charge is 0.307 e. The minimum Gasteiger partial charge on any atom is -0.432 e. The largest absolute Gasteiger partial charge is 0.432 e. The molecule has 1 aliphatic heterocycles. The molecule has 1 saturated heterocycles. The molecule has 0 saturated carbocycles. The van der Waals surface area contributed by atoms with E-state index < -0.39 is 0 Å². The third-order valence-corrected chi connectivity index (χ3v) is 2.33. The van der Waals surface area contributed by atoms with Crippen LogP contribution in [0, 0.1) is 0 Å². The lowest BCUT2D eigenvalue weighted by Crippen LogP contribution is -2.25. The minimum atomic E-state index is -0.248. The maximum absolute atomic E-state index is 10.8. The molecular formula is C11H18O3. The van der Waals surface area contributed by atoms with Gasteiger partial charge in [0.05, 0.1) is 12.2 Å². The van der Waals surface area contributed by atoms with Crippen molar-refractivity contribution in [2.45, 2.75) is 52.7 Å². The first-order chi connectivity index (χ1) is 6.49. The highest BCUT2D eigenvalue weighted by atomic mass is 16.5. The van der Waals surface area contributed by atoms with E-state index in [-0.39, 0.29) is 18.2 Å². The summed E-state index contributed by atoms with van der Waals surface area (Å²) in [7, 11) is 0. The molecule has 1 rings (SSSR count). The van der Waals surface area contributed by atoms with Crippen LogP contribution in [-0.4, -0.2) is 18.2 Å². The number of hydrogen-bond acceptors (Lipinski definition) is 3.